The Morgan fingerprint density at radius 1 is 1.08 bits per heavy atom. The van der Waals surface area contributed by atoms with Crippen LogP contribution in [0.25, 0.3) is 0 Å². The van der Waals surface area contributed by atoms with Crippen molar-refractivity contribution in [3.63, 3.8) is 0 Å². The summed E-state index contributed by atoms with van der Waals surface area (Å²) in [6.07, 6.45) is 9.96. The molecule has 1 fully saturated rings. The molecule has 0 atom stereocenters. The van der Waals surface area contributed by atoms with Gasteiger partial charge in [-0.3, -0.25) is 0 Å². The van der Waals surface area contributed by atoms with Crippen molar-refractivity contribution in [2.24, 2.45) is 11.8 Å². The lowest BCUT2D eigenvalue weighted by Crippen LogP contribution is -2.12. The van der Waals surface area contributed by atoms with Gasteiger partial charge in [-0.15, -0.1) is 0 Å². The van der Waals surface area contributed by atoms with E-state index in [0.717, 1.165) is 18.4 Å². The number of hydrogen-bond acceptors (Lipinski definition) is 1. The molecule has 0 spiro atoms. The maximum Gasteiger partial charge on any atom is 0.0462 e. The Labute approximate surface area is 82.9 Å². The summed E-state index contributed by atoms with van der Waals surface area (Å²) in [6.45, 7) is 3.34. The summed E-state index contributed by atoms with van der Waals surface area (Å²) in [5.41, 5.74) is 0. The van der Waals surface area contributed by atoms with Crippen LogP contribution in [0, 0.1) is 11.8 Å². The van der Waals surface area contributed by atoms with Gasteiger partial charge in [-0.25, -0.2) is 0 Å². The number of hydrogen-bond donors (Lipinski definition) is 0. The fourth-order valence-corrected chi connectivity index (χ4v) is 2.30. The molecule has 1 aliphatic carbocycles. The lowest BCUT2D eigenvalue weighted by molar-refractivity contribution is 0.186. The van der Waals surface area contributed by atoms with Crippen LogP contribution in [-0.2, 0) is 4.74 Å². The average Bonchev–Trinajstić information content (AvgIpc) is 2.15. The quantitative estimate of drug-likeness (QED) is 0.593. The van der Waals surface area contributed by atoms with Crippen molar-refractivity contribution in [2.45, 2.75) is 51.9 Å². The standard InChI is InChI=1S/C12H24O/c1-11-6-8-12(9-7-11)5-3-4-10-13-2/h11-12H,3-10H2,1-2H3. The lowest BCUT2D eigenvalue weighted by Gasteiger charge is -2.25. The largest absolute Gasteiger partial charge is 0.385 e. The molecule has 1 nitrogen and oxygen atoms in total. The first-order chi connectivity index (χ1) is 6.33. The molecule has 13 heavy (non-hydrogen) atoms. The van der Waals surface area contributed by atoms with Crippen LogP contribution in [0.15, 0.2) is 0 Å². The molecule has 1 saturated carbocycles. The highest BCUT2D eigenvalue weighted by molar-refractivity contribution is 4.69. The van der Waals surface area contributed by atoms with E-state index in [2.05, 4.69) is 6.92 Å². The minimum Gasteiger partial charge on any atom is -0.385 e. The predicted molar refractivity (Wildman–Crippen MR) is 56.8 cm³/mol. The van der Waals surface area contributed by atoms with Gasteiger partial charge in [0.25, 0.3) is 0 Å². The topological polar surface area (TPSA) is 9.23 Å². The van der Waals surface area contributed by atoms with Crippen molar-refractivity contribution in [1.29, 1.82) is 0 Å². The molecule has 0 heterocycles. The first kappa shape index (κ1) is 11.0. The van der Waals surface area contributed by atoms with Gasteiger partial charge in [-0.05, 0) is 18.3 Å². The third kappa shape index (κ3) is 4.66. The molecule has 0 N–H and O–H groups in total. The van der Waals surface area contributed by atoms with Crippen LogP contribution in [0.5, 0.6) is 0 Å². The molecular formula is C12H24O. The Hall–Kier alpha value is -0.0400. The van der Waals surface area contributed by atoms with E-state index in [9.17, 15) is 0 Å². The van der Waals surface area contributed by atoms with Crippen LogP contribution in [0.4, 0.5) is 0 Å². The van der Waals surface area contributed by atoms with Gasteiger partial charge >= 0.3 is 0 Å². The zero-order valence-electron chi connectivity index (χ0n) is 9.22. The van der Waals surface area contributed by atoms with Crippen LogP contribution in [0.2, 0.25) is 0 Å². The third-order valence-corrected chi connectivity index (χ3v) is 3.35. The van der Waals surface area contributed by atoms with E-state index in [1.165, 1.54) is 44.9 Å². The highest BCUT2D eigenvalue weighted by atomic mass is 16.5. The van der Waals surface area contributed by atoms with Gasteiger partial charge in [0.2, 0.25) is 0 Å². The summed E-state index contributed by atoms with van der Waals surface area (Å²) in [6, 6.07) is 0. The number of unbranched alkanes of at least 4 members (excludes halogenated alkanes) is 1. The molecule has 0 saturated heterocycles. The Morgan fingerprint density at radius 2 is 1.77 bits per heavy atom. The molecule has 1 rings (SSSR count). The second-order valence-electron chi connectivity index (χ2n) is 4.61. The normalized spacial score (nSPS) is 29.1. The van der Waals surface area contributed by atoms with Gasteiger partial charge in [0.15, 0.2) is 0 Å². The number of rotatable bonds is 5. The van der Waals surface area contributed by atoms with E-state index in [0.29, 0.717) is 0 Å². The average molecular weight is 184 g/mol. The van der Waals surface area contributed by atoms with E-state index >= 15 is 0 Å². The summed E-state index contributed by atoms with van der Waals surface area (Å²) in [7, 11) is 1.79. The fraction of sp³-hybridized carbons (Fsp3) is 1.00. The van der Waals surface area contributed by atoms with Crippen LogP contribution < -0.4 is 0 Å². The Bertz CT molecular complexity index is 114. The van der Waals surface area contributed by atoms with E-state index in [1.54, 1.807) is 7.11 Å². The van der Waals surface area contributed by atoms with Gasteiger partial charge in [0, 0.05) is 13.7 Å². The van der Waals surface area contributed by atoms with Crippen LogP contribution in [0.1, 0.15) is 51.9 Å². The molecule has 0 amide bonds. The van der Waals surface area contributed by atoms with Crippen LogP contribution in [-0.4, -0.2) is 13.7 Å². The zero-order chi connectivity index (χ0) is 9.52. The Balaban J connectivity index is 1.96. The molecule has 0 aromatic heterocycles. The Morgan fingerprint density at radius 3 is 2.38 bits per heavy atom. The summed E-state index contributed by atoms with van der Waals surface area (Å²) in [5.74, 6) is 2.03. The Kier molecular flexibility index (Phi) is 5.45. The highest BCUT2D eigenvalue weighted by Gasteiger charge is 2.17. The van der Waals surface area contributed by atoms with E-state index in [1.807, 2.05) is 0 Å². The molecule has 0 aromatic rings. The summed E-state index contributed by atoms with van der Waals surface area (Å²) in [4.78, 5) is 0. The van der Waals surface area contributed by atoms with Crippen molar-refractivity contribution < 1.29 is 4.74 Å². The van der Waals surface area contributed by atoms with Gasteiger partial charge in [0.05, 0.1) is 0 Å². The molecule has 1 heteroatoms. The third-order valence-electron chi connectivity index (χ3n) is 3.35. The first-order valence-corrected chi connectivity index (χ1v) is 5.82. The summed E-state index contributed by atoms with van der Waals surface area (Å²) in [5, 5.41) is 0. The summed E-state index contributed by atoms with van der Waals surface area (Å²) < 4.78 is 5.05. The highest BCUT2D eigenvalue weighted by Crippen LogP contribution is 2.31. The fourth-order valence-electron chi connectivity index (χ4n) is 2.30. The minimum absolute atomic E-state index is 0.948. The maximum atomic E-state index is 5.05. The monoisotopic (exact) mass is 184 g/mol. The molecule has 0 aromatic carbocycles. The molecule has 0 bridgehead atoms. The van der Waals surface area contributed by atoms with E-state index in [-0.39, 0.29) is 0 Å². The van der Waals surface area contributed by atoms with Crippen molar-refractivity contribution in [2.75, 3.05) is 13.7 Å². The smallest absolute Gasteiger partial charge is 0.0462 e. The second-order valence-corrected chi connectivity index (χ2v) is 4.61. The van der Waals surface area contributed by atoms with Crippen LogP contribution in [0.3, 0.4) is 0 Å². The lowest BCUT2D eigenvalue weighted by atomic mass is 9.81. The van der Waals surface area contributed by atoms with Gasteiger partial charge in [-0.1, -0.05) is 45.4 Å². The number of methoxy groups -OCH3 is 1. The number of ether oxygens (including phenoxy) is 1. The van der Waals surface area contributed by atoms with Crippen molar-refractivity contribution in [3.05, 3.63) is 0 Å². The molecular weight excluding hydrogens is 160 g/mol. The van der Waals surface area contributed by atoms with Gasteiger partial charge in [0.1, 0.15) is 0 Å². The molecule has 78 valence electrons. The van der Waals surface area contributed by atoms with Crippen molar-refractivity contribution >= 4 is 0 Å². The molecule has 0 radical (unpaired) electrons. The molecule has 0 unspecified atom stereocenters. The first-order valence-electron chi connectivity index (χ1n) is 5.82. The van der Waals surface area contributed by atoms with Gasteiger partial charge < -0.3 is 4.74 Å². The van der Waals surface area contributed by atoms with E-state index in [4.69, 9.17) is 4.74 Å². The minimum atomic E-state index is 0.948. The molecule has 1 aliphatic rings. The van der Waals surface area contributed by atoms with Crippen molar-refractivity contribution in [1.82, 2.24) is 0 Å². The predicted octanol–water partition coefficient (Wildman–Crippen LogP) is 3.63. The van der Waals surface area contributed by atoms with Gasteiger partial charge in [-0.2, -0.15) is 0 Å². The summed E-state index contributed by atoms with van der Waals surface area (Å²) >= 11 is 0. The molecule has 0 aliphatic heterocycles. The van der Waals surface area contributed by atoms with E-state index < -0.39 is 0 Å². The second kappa shape index (κ2) is 6.42. The van der Waals surface area contributed by atoms with Crippen molar-refractivity contribution in [3.8, 4) is 0 Å². The maximum absolute atomic E-state index is 5.05. The SMILES string of the molecule is COCCCCC1CCC(C)CC1. The van der Waals surface area contributed by atoms with Crippen LogP contribution >= 0.6 is 0 Å². The zero-order valence-corrected chi connectivity index (χ0v) is 9.22.